The second kappa shape index (κ2) is 9.61. The number of hydrogen-bond acceptors (Lipinski definition) is 4. The van der Waals surface area contributed by atoms with E-state index < -0.39 is 0 Å². The molecule has 0 saturated heterocycles. The van der Waals surface area contributed by atoms with Gasteiger partial charge in [0.2, 0.25) is 5.91 Å². The molecule has 18 heavy (non-hydrogen) atoms. The zero-order chi connectivity index (χ0) is 13.1. The maximum atomic E-state index is 11.3. The van der Waals surface area contributed by atoms with Crippen LogP contribution in [0.3, 0.4) is 0 Å². The lowest BCUT2D eigenvalue weighted by molar-refractivity contribution is -0.121. The molecule has 0 saturated carbocycles. The largest absolute Gasteiger partial charge is 0.383 e. The van der Waals surface area contributed by atoms with Gasteiger partial charge in [-0.15, -0.1) is 0 Å². The summed E-state index contributed by atoms with van der Waals surface area (Å²) in [6, 6.07) is 0. The highest BCUT2D eigenvalue weighted by molar-refractivity contribution is 5.75. The van der Waals surface area contributed by atoms with Crippen LogP contribution in [0.15, 0.2) is 18.7 Å². The normalized spacial score (nSPS) is 10.5. The highest BCUT2D eigenvalue weighted by atomic mass is 16.5. The Kier molecular flexibility index (Phi) is 7.83. The van der Waals surface area contributed by atoms with Crippen molar-refractivity contribution in [3.8, 4) is 0 Å². The molecule has 0 fully saturated rings. The molecule has 0 aliphatic carbocycles. The Labute approximate surface area is 108 Å². The first kappa shape index (κ1) is 14.7. The number of nitrogens with one attached hydrogen (secondary N) is 2. The summed E-state index contributed by atoms with van der Waals surface area (Å²) in [4.78, 5) is 15.3. The third kappa shape index (κ3) is 7.03. The molecular weight excluding hydrogens is 232 g/mol. The van der Waals surface area contributed by atoms with Crippen molar-refractivity contribution in [1.82, 2.24) is 20.2 Å². The lowest BCUT2D eigenvalue weighted by atomic mass is 10.3. The van der Waals surface area contributed by atoms with Crippen molar-refractivity contribution in [1.29, 1.82) is 0 Å². The molecule has 1 aromatic heterocycles. The molecule has 0 radical (unpaired) electrons. The molecule has 1 rings (SSSR count). The number of hydrogen-bond donors (Lipinski definition) is 2. The molecule has 0 aromatic carbocycles. The van der Waals surface area contributed by atoms with Gasteiger partial charge in [0.15, 0.2) is 0 Å². The lowest BCUT2D eigenvalue weighted by Gasteiger charge is -2.06. The summed E-state index contributed by atoms with van der Waals surface area (Å²) in [5, 5.41) is 6.02. The summed E-state index contributed by atoms with van der Waals surface area (Å²) >= 11 is 0. The summed E-state index contributed by atoms with van der Waals surface area (Å²) in [6.45, 7) is 3.71. The molecule has 6 nitrogen and oxygen atoms in total. The van der Waals surface area contributed by atoms with Crippen molar-refractivity contribution in [2.75, 3.05) is 33.4 Å². The topological polar surface area (TPSA) is 68.2 Å². The molecule has 1 heterocycles. The van der Waals surface area contributed by atoms with Crippen molar-refractivity contribution >= 4 is 5.91 Å². The zero-order valence-electron chi connectivity index (χ0n) is 10.9. The van der Waals surface area contributed by atoms with Crippen molar-refractivity contribution in [2.24, 2.45) is 0 Å². The van der Waals surface area contributed by atoms with E-state index in [2.05, 4.69) is 15.6 Å². The Morgan fingerprint density at radius 1 is 1.39 bits per heavy atom. The first-order valence-electron chi connectivity index (χ1n) is 6.25. The Morgan fingerprint density at radius 3 is 3.00 bits per heavy atom. The highest BCUT2D eigenvalue weighted by Gasteiger charge is 1.99. The number of ether oxygens (including phenoxy) is 1. The van der Waals surface area contributed by atoms with E-state index in [0.29, 0.717) is 26.1 Å². The summed E-state index contributed by atoms with van der Waals surface area (Å²) in [5.74, 6) is 0.0640. The van der Waals surface area contributed by atoms with Crippen LogP contribution in [0.1, 0.15) is 12.8 Å². The van der Waals surface area contributed by atoms with E-state index in [0.717, 1.165) is 19.5 Å². The second-order valence-electron chi connectivity index (χ2n) is 4.00. The van der Waals surface area contributed by atoms with E-state index >= 15 is 0 Å². The van der Waals surface area contributed by atoms with Gasteiger partial charge in [-0.2, -0.15) is 0 Å². The smallest absolute Gasteiger partial charge is 0.221 e. The number of imidazole rings is 1. The van der Waals surface area contributed by atoms with Crippen LogP contribution in [0.2, 0.25) is 0 Å². The Balaban J connectivity index is 1.87. The summed E-state index contributed by atoms with van der Waals surface area (Å²) in [6.07, 6.45) is 7.07. The van der Waals surface area contributed by atoms with Gasteiger partial charge in [-0.3, -0.25) is 4.79 Å². The molecule has 0 atom stereocenters. The Hall–Kier alpha value is -1.40. The number of nitrogens with zero attached hydrogens (tertiary/aromatic N) is 2. The molecule has 0 spiro atoms. The van der Waals surface area contributed by atoms with Gasteiger partial charge >= 0.3 is 0 Å². The number of carbonyl (C=O) groups excluding carboxylic acids is 1. The molecule has 0 bridgehead atoms. The zero-order valence-corrected chi connectivity index (χ0v) is 10.9. The van der Waals surface area contributed by atoms with Gasteiger partial charge in [0, 0.05) is 45.6 Å². The SMILES string of the molecule is COCCNC(=O)CCNCCCn1ccnc1. The minimum Gasteiger partial charge on any atom is -0.383 e. The van der Waals surface area contributed by atoms with Crippen molar-refractivity contribution in [3.05, 3.63) is 18.7 Å². The molecular formula is C12H22N4O2. The third-order valence-corrected chi connectivity index (χ3v) is 2.49. The number of methoxy groups -OCH3 is 1. The monoisotopic (exact) mass is 254 g/mol. The maximum Gasteiger partial charge on any atom is 0.221 e. The minimum atomic E-state index is 0.0640. The van der Waals surface area contributed by atoms with Gasteiger partial charge in [-0.1, -0.05) is 0 Å². The molecule has 0 unspecified atom stereocenters. The summed E-state index contributed by atoms with van der Waals surface area (Å²) in [7, 11) is 1.62. The van der Waals surface area contributed by atoms with Gasteiger partial charge in [-0.25, -0.2) is 4.98 Å². The van der Waals surface area contributed by atoms with Crippen molar-refractivity contribution in [2.45, 2.75) is 19.4 Å². The number of aryl methyl sites for hydroxylation is 1. The lowest BCUT2D eigenvalue weighted by Crippen LogP contribution is -2.30. The van der Waals surface area contributed by atoms with Crippen LogP contribution < -0.4 is 10.6 Å². The number of amides is 1. The second-order valence-corrected chi connectivity index (χ2v) is 4.00. The van der Waals surface area contributed by atoms with E-state index in [9.17, 15) is 4.79 Å². The molecule has 0 aliphatic rings. The predicted octanol–water partition coefficient (Wildman–Crippen LogP) is 0.0155. The number of carbonyl (C=O) groups is 1. The van der Waals surface area contributed by atoms with E-state index in [1.165, 1.54) is 0 Å². The van der Waals surface area contributed by atoms with Crippen molar-refractivity contribution in [3.63, 3.8) is 0 Å². The quantitative estimate of drug-likeness (QED) is 0.577. The van der Waals surface area contributed by atoms with Crippen LogP contribution in [-0.4, -0.2) is 48.8 Å². The average Bonchev–Trinajstić information content (AvgIpc) is 2.87. The Morgan fingerprint density at radius 2 is 2.28 bits per heavy atom. The average molecular weight is 254 g/mol. The van der Waals surface area contributed by atoms with E-state index in [1.54, 1.807) is 13.3 Å². The first-order chi connectivity index (χ1) is 8.83. The maximum absolute atomic E-state index is 11.3. The van der Waals surface area contributed by atoms with Crippen LogP contribution in [0.4, 0.5) is 0 Å². The molecule has 2 N–H and O–H groups in total. The molecule has 0 aliphatic heterocycles. The number of aromatic nitrogens is 2. The molecule has 102 valence electrons. The Bertz CT molecular complexity index is 314. The first-order valence-corrected chi connectivity index (χ1v) is 6.25. The van der Waals surface area contributed by atoms with Crippen LogP contribution in [0.5, 0.6) is 0 Å². The van der Waals surface area contributed by atoms with E-state index in [1.807, 2.05) is 17.1 Å². The van der Waals surface area contributed by atoms with Gasteiger partial charge in [0.1, 0.15) is 0 Å². The van der Waals surface area contributed by atoms with Crippen LogP contribution >= 0.6 is 0 Å². The fourth-order valence-electron chi connectivity index (χ4n) is 1.51. The molecule has 1 amide bonds. The van der Waals surface area contributed by atoms with Gasteiger partial charge in [0.05, 0.1) is 12.9 Å². The third-order valence-electron chi connectivity index (χ3n) is 2.49. The fraction of sp³-hybridized carbons (Fsp3) is 0.667. The van der Waals surface area contributed by atoms with Gasteiger partial charge in [0.25, 0.3) is 0 Å². The van der Waals surface area contributed by atoms with E-state index in [-0.39, 0.29) is 5.91 Å². The van der Waals surface area contributed by atoms with Crippen molar-refractivity contribution < 1.29 is 9.53 Å². The number of rotatable bonds is 10. The molecule has 1 aromatic rings. The van der Waals surface area contributed by atoms with Crippen LogP contribution in [0, 0.1) is 0 Å². The van der Waals surface area contributed by atoms with Gasteiger partial charge in [-0.05, 0) is 13.0 Å². The van der Waals surface area contributed by atoms with E-state index in [4.69, 9.17) is 4.74 Å². The standard InChI is InChI=1S/C12H22N4O2/c1-18-10-7-15-12(17)3-5-13-4-2-8-16-9-6-14-11-16/h6,9,11,13H,2-5,7-8,10H2,1H3,(H,15,17). The summed E-state index contributed by atoms with van der Waals surface area (Å²) < 4.78 is 6.89. The van der Waals surface area contributed by atoms with Gasteiger partial charge < -0.3 is 19.9 Å². The predicted molar refractivity (Wildman–Crippen MR) is 69.2 cm³/mol. The molecule has 6 heteroatoms. The van der Waals surface area contributed by atoms with Crippen LogP contribution in [-0.2, 0) is 16.1 Å². The fourth-order valence-corrected chi connectivity index (χ4v) is 1.51. The highest BCUT2D eigenvalue weighted by Crippen LogP contribution is 1.89. The summed E-state index contributed by atoms with van der Waals surface area (Å²) in [5.41, 5.74) is 0. The van der Waals surface area contributed by atoms with Crippen LogP contribution in [0.25, 0.3) is 0 Å². The minimum absolute atomic E-state index is 0.0640.